The van der Waals surface area contributed by atoms with Gasteiger partial charge in [-0.1, -0.05) is 40.9 Å². The zero-order valence-electron chi connectivity index (χ0n) is 14.8. The van der Waals surface area contributed by atoms with E-state index in [0.29, 0.717) is 21.5 Å². The molecule has 0 unspecified atom stereocenters. The SMILES string of the molecule is Cc1ccc(NC(=O)CN(C)C(=O)[C@@H](C)Oc2ccc(Cl)cc2Cl)cc1. The van der Waals surface area contributed by atoms with Gasteiger partial charge in [0.1, 0.15) is 5.75 Å². The number of anilines is 1. The minimum Gasteiger partial charge on any atom is -0.479 e. The van der Waals surface area contributed by atoms with E-state index in [4.69, 9.17) is 27.9 Å². The van der Waals surface area contributed by atoms with E-state index in [1.165, 1.54) is 11.0 Å². The molecule has 0 spiro atoms. The highest BCUT2D eigenvalue weighted by molar-refractivity contribution is 6.35. The van der Waals surface area contributed by atoms with Gasteiger partial charge in [0.25, 0.3) is 5.91 Å². The number of ether oxygens (including phenoxy) is 1. The summed E-state index contributed by atoms with van der Waals surface area (Å²) in [4.78, 5) is 25.8. The highest BCUT2D eigenvalue weighted by atomic mass is 35.5. The minimum absolute atomic E-state index is 0.0885. The monoisotopic (exact) mass is 394 g/mol. The summed E-state index contributed by atoms with van der Waals surface area (Å²) in [5.41, 5.74) is 1.78. The molecule has 0 bridgehead atoms. The normalized spacial score (nSPS) is 11.6. The summed E-state index contributed by atoms with van der Waals surface area (Å²) in [6.07, 6.45) is -0.800. The maximum absolute atomic E-state index is 12.4. The van der Waals surface area contributed by atoms with Crippen molar-refractivity contribution in [2.75, 3.05) is 18.9 Å². The molecule has 5 nitrogen and oxygen atoms in total. The van der Waals surface area contributed by atoms with Crippen LogP contribution in [-0.2, 0) is 9.59 Å². The molecule has 26 heavy (non-hydrogen) atoms. The molecule has 0 radical (unpaired) electrons. The molecule has 2 aromatic carbocycles. The Hall–Kier alpha value is -2.24. The number of rotatable bonds is 6. The van der Waals surface area contributed by atoms with Gasteiger partial charge >= 0.3 is 0 Å². The summed E-state index contributed by atoms with van der Waals surface area (Å²) in [5.74, 6) is -0.272. The van der Waals surface area contributed by atoms with Gasteiger partial charge in [-0.25, -0.2) is 0 Å². The molecule has 7 heteroatoms. The number of nitrogens with one attached hydrogen (secondary N) is 1. The molecule has 2 aromatic rings. The summed E-state index contributed by atoms with van der Waals surface area (Å²) in [7, 11) is 1.54. The first-order valence-electron chi connectivity index (χ1n) is 7.99. The van der Waals surface area contributed by atoms with Crippen LogP contribution in [0, 0.1) is 6.92 Å². The van der Waals surface area contributed by atoms with Crippen molar-refractivity contribution in [3.05, 3.63) is 58.1 Å². The Balaban J connectivity index is 1.91. The lowest BCUT2D eigenvalue weighted by Crippen LogP contribution is -2.42. The molecule has 0 aliphatic rings. The molecule has 1 N–H and O–H groups in total. The third-order valence-electron chi connectivity index (χ3n) is 3.64. The van der Waals surface area contributed by atoms with Gasteiger partial charge in [0.2, 0.25) is 5.91 Å². The van der Waals surface area contributed by atoms with Gasteiger partial charge in [0.05, 0.1) is 11.6 Å². The molecule has 2 amide bonds. The van der Waals surface area contributed by atoms with Crippen LogP contribution in [0.4, 0.5) is 5.69 Å². The van der Waals surface area contributed by atoms with Crippen molar-refractivity contribution < 1.29 is 14.3 Å². The number of carbonyl (C=O) groups is 2. The van der Waals surface area contributed by atoms with Gasteiger partial charge in [-0.2, -0.15) is 0 Å². The fourth-order valence-electron chi connectivity index (χ4n) is 2.25. The topological polar surface area (TPSA) is 58.6 Å². The maximum Gasteiger partial charge on any atom is 0.263 e. The fraction of sp³-hybridized carbons (Fsp3) is 0.263. The number of benzene rings is 2. The predicted octanol–water partition coefficient (Wildman–Crippen LogP) is 4.17. The van der Waals surface area contributed by atoms with Crippen molar-refractivity contribution in [2.24, 2.45) is 0 Å². The smallest absolute Gasteiger partial charge is 0.263 e. The zero-order valence-corrected chi connectivity index (χ0v) is 16.3. The van der Waals surface area contributed by atoms with Crippen molar-refractivity contribution >= 4 is 40.7 Å². The van der Waals surface area contributed by atoms with Gasteiger partial charge in [-0.05, 0) is 44.2 Å². The largest absolute Gasteiger partial charge is 0.479 e. The summed E-state index contributed by atoms with van der Waals surface area (Å²) in [5, 5.41) is 3.54. The number of carbonyl (C=O) groups excluding carboxylic acids is 2. The molecular weight excluding hydrogens is 375 g/mol. The van der Waals surface area contributed by atoms with Crippen LogP contribution in [0.3, 0.4) is 0 Å². The third kappa shape index (κ3) is 5.64. The first-order valence-corrected chi connectivity index (χ1v) is 8.75. The van der Waals surface area contributed by atoms with E-state index in [0.717, 1.165) is 5.56 Å². The number of aryl methyl sites for hydroxylation is 1. The van der Waals surface area contributed by atoms with Crippen molar-refractivity contribution in [2.45, 2.75) is 20.0 Å². The number of amides is 2. The van der Waals surface area contributed by atoms with E-state index in [2.05, 4.69) is 5.32 Å². The highest BCUT2D eigenvalue weighted by Crippen LogP contribution is 2.28. The van der Waals surface area contributed by atoms with E-state index in [1.54, 1.807) is 26.1 Å². The molecule has 1 atom stereocenters. The molecule has 2 rings (SSSR count). The van der Waals surface area contributed by atoms with Gasteiger partial charge in [-0.3, -0.25) is 9.59 Å². The molecule has 138 valence electrons. The van der Waals surface area contributed by atoms with Crippen LogP contribution in [0.2, 0.25) is 10.0 Å². The average Bonchev–Trinajstić information content (AvgIpc) is 2.58. The van der Waals surface area contributed by atoms with Crippen LogP contribution in [-0.4, -0.2) is 36.4 Å². The Bertz CT molecular complexity index is 794. The Morgan fingerprint density at radius 1 is 1.15 bits per heavy atom. The van der Waals surface area contributed by atoms with Crippen LogP contribution in [0.25, 0.3) is 0 Å². The summed E-state index contributed by atoms with van der Waals surface area (Å²) < 4.78 is 5.58. The van der Waals surface area contributed by atoms with E-state index in [9.17, 15) is 9.59 Å². The quantitative estimate of drug-likeness (QED) is 0.799. The minimum atomic E-state index is -0.800. The maximum atomic E-state index is 12.4. The fourth-order valence-corrected chi connectivity index (χ4v) is 2.71. The van der Waals surface area contributed by atoms with E-state index in [-0.39, 0.29) is 18.4 Å². The van der Waals surface area contributed by atoms with Crippen LogP contribution >= 0.6 is 23.2 Å². The Morgan fingerprint density at radius 2 is 1.81 bits per heavy atom. The number of likely N-dealkylation sites (N-methyl/N-ethyl adjacent to an activating group) is 1. The third-order valence-corrected chi connectivity index (χ3v) is 4.17. The molecule has 0 saturated carbocycles. The Morgan fingerprint density at radius 3 is 2.42 bits per heavy atom. The van der Waals surface area contributed by atoms with E-state index >= 15 is 0 Å². The molecule has 0 saturated heterocycles. The first-order chi connectivity index (χ1) is 12.3. The van der Waals surface area contributed by atoms with Crippen LogP contribution in [0.5, 0.6) is 5.75 Å². The van der Waals surface area contributed by atoms with Crippen LogP contribution < -0.4 is 10.1 Å². The van der Waals surface area contributed by atoms with Crippen molar-refractivity contribution in [3.8, 4) is 5.75 Å². The summed E-state index contributed by atoms with van der Waals surface area (Å²) in [6.45, 7) is 3.47. The van der Waals surface area contributed by atoms with Gasteiger partial charge in [0, 0.05) is 17.8 Å². The number of hydrogen-bond acceptors (Lipinski definition) is 3. The summed E-state index contributed by atoms with van der Waals surface area (Å²) in [6, 6.07) is 12.2. The number of nitrogens with zero attached hydrogens (tertiary/aromatic N) is 1. The number of halogens is 2. The van der Waals surface area contributed by atoms with Gasteiger partial charge in [0.15, 0.2) is 6.10 Å². The lowest BCUT2D eigenvalue weighted by molar-refractivity contribution is -0.139. The van der Waals surface area contributed by atoms with Crippen LogP contribution in [0.1, 0.15) is 12.5 Å². The van der Waals surface area contributed by atoms with Crippen molar-refractivity contribution in [1.29, 1.82) is 0 Å². The first kappa shape index (κ1) is 20.1. The van der Waals surface area contributed by atoms with Gasteiger partial charge in [-0.15, -0.1) is 0 Å². The zero-order chi connectivity index (χ0) is 19.3. The molecule has 0 heterocycles. The van der Waals surface area contributed by atoms with Gasteiger partial charge < -0.3 is 15.0 Å². The molecular formula is C19H20Cl2N2O3. The van der Waals surface area contributed by atoms with Crippen molar-refractivity contribution in [3.63, 3.8) is 0 Å². The second kappa shape index (κ2) is 8.92. The number of hydrogen-bond donors (Lipinski definition) is 1. The van der Waals surface area contributed by atoms with E-state index in [1.807, 2.05) is 31.2 Å². The molecule has 0 aromatic heterocycles. The van der Waals surface area contributed by atoms with Crippen molar-refractivity contribution in [1.82, 2.24) is 4.90 Å². The average molecular weight is 395 g/mol. The lowest BCUT2D eigenvalue weighted by atomic mass is 10.2. The Labute approximate surface area is 162 Å². The molecule has 0 aliphatic carbocycles. The van der Waals surface area contributed by atoms with E-state index < -0.39 is 6.10 Å². The molecule has 0 fully saturated rings. The highest BCUT2D eigenvalue weighted by Gasteiger charge is 2.22. The van der Waals surface area contributed by atoms with Crippen LogP contribution in [0.15, 0.2) is 42.5 Å². The summed E-state index contributed by atoms with van der Waals surface area (Å²) >= 11 is 11.9. The lowest BCUT2D eigenvalue weighted by Gasteiger charge is -2.22. The second-order valence-corrected chi connectivity index (χ2v) is 6.79. The second-order valence-electron chi connectivity index (χ2n) is 5.94. The predicted molar refractivity (Wildman–Crippen MR) is 104 cm³/mol. The molecule has 0 aliphatic heterocycles. The Kier molecular flexibility index (Phi) is 6.89. The standard InChI is InChI=1S/C19H20Cl2N2O3/c1-12-4-7-15(8-5-12)22-18(24)11-23(3)19(25)13(2)26-17-9-6-14(20)10-16(17)21/h4-10,13H,11H2,1-3H3,(H,22,24)/t13-/m1/s1.